The van der Waals surface area contributed by atoms with Crippen LogP contribution in [-0.2, 0) is 6.54 Å². The van der Waals surface area contributed by atoms with Gasteiger partial charge in [-0.3, -0.25) is 4.99 Å². The molecule has 1 fully saturated rings. The van der Waals surface area contributed by atoms with E-state index in [1.807, 2.05) is 18.7 Å². The summed E-state index contributed by atoms with van der Waals surface area (Å²) in [6.07, 6.45) is 2.57. The Morgan fingerprint density at radius 2 is 1.82 bits per heavy atom. The fourth-order valence-electron chi connectivity index (χ4n) is 4.37. The monoisotopic (exact) mass is 558 g/mol. The van der Waals surface area contributed by atoms with E-state index in [0.717, 1.165) is 36.1 Å². The van der Waals surface area contributed by atoms with E-state index in [-0.39, 0.29) is 30.0 Å². The van der Waals surface area contributed by atoms with E-state index in [2.05, 4.69) is 94.1 Å². The average Bonchev–Trinajstić information content (AvgIpc) is 3.46. The molecule has 0 spiro atoms. The lowest BCUT2D eigenvalue weighted by Gasteiger charge is -2.22. The largest absolute Gasteiger partial charge is 0.372 e. The Hall–Kier alpha value is -2.55. The Morgan fingerprint density at radius 1 is 1.06 bits per heavy atom. The zero-order valence-corrected chi connectivity index (χ0v) is 22.3. The second kappa shape index (κ2) is 11.5. The fourth-order valence-corrected chi connectivity index (χ4v) is 4.37. The van der Waals surface area contributed by atoms with Gasteiger partial charge in [-0.15, -0.1) is 24.0 Å². The van der Waals surface area contributed by atoms with Crippen molar-refractivity contribution in [3.63, 3.8) is 0 Å². The summed E-state index contributed by atoms with van der Waals surface area (Å²) in [6.45, 7) is 9.26. The molecule has 2 N–H and O–H groups in total. The Kier molecular flexibility index (Phi) is 8.77. The molecule has 0 bridgehead atoms. The number of rotatable bonds is 6. The van der Waals surface area contributed by atoms with Crippen molar-refractivity contribution in [2.45, 2.75) is 46.2 Å². The number of halogens is 1. The average molecular weight is 559 g/mol. The van der Waals surface area contributed by atoms with Crippen LogP contribution >= 0.6 is 24.0 Å². The van der Waals surface area contributed by atoms with Crippen LogP contribution in [0.2, 0.25) is 0 Å². The SMILES string of the molecule is CN=C(NCc1ccccc1-n1nc(C)cc1C)NC(C)c1cccc(N2CCCC2)c1.I. The van der Waals surface area contributed by atoms with Gasteiger partial charge in [-0.25, -0.2) is 4.68 Å². The summed E-state index contributed by atoms with van der Waals surface area (Å²) < 4.78 is 2.01. The molecule has 0 radical (unpaired) electrons. The third-order valence-electron chi connectivity index (χ3n) is 6.09. The first-order valence-electron chi connectivity index (χ1n) is 11.5. The second-order valence-electron chi connectivity index (χ2n) is 8.55. The molecule has 1 aliphatic heterocycles. The number of benzene rings is 2. The zero-order chi connectivity index (χ0) is 22.5. The molecule has 1 atom stereocenters. The molecular formula is C26H35IN6. The van der Waals surface area contributed by atoms with Gasteiger partial charge in [0.1, 0.15) is 0 Å². The number of nitrogens with one attached hydrogen (secondary N) is 2. The van der Waals surface area contributed by atoms with Crippen molar-refractivity contribution in [3.05, 3.63) is 77.1 Å². The Bertz CT molecular complexity index is 1080. The van der Waals surface area contributed by atoms with Crippen molar-refractivity contribution >= 4 is 35.6 Å². The van der Waals surface area contributed by atoms with Crippen LogP contribution in [0.15, 0.2) is 59.6 Å². The van der Waals surface area contributed by atoms with Crippen molar-refractivity contribution in [1.29, 1.82) is 0 Å². The highest BCUT2D eigenvalue weighted by Crippen LogP contribution is 2.24. The summed E-state index contributed by atoms with van der Waals surface area (Å²) in [5, 5.41) is 11.7. The van der Waals surface area contributed by atoms with Gasteiger partial charge in [-0.05, 0) is 69.0 Å². The van der Waals surface area contributed by atoms with E-state index >= 15 is 0 Å². The van der Waals surface area contributed by atoms with Crippen LogP contribution < -0.4 is 15.5 Å². The fraction of sp³-hybridized carbons (Fsp3) is 0.385. The molecular weight excluding hydrogens is 523 g/mol. The van der Waals surface area contributed by atoms with Crippen LogP contribution in [0.25, 0.3) is 5.69 Å². The summed E-state index contributed by atoms with van der Waals surface area (Å²) in [4.78, 5) is 6.93. The van der Waals surface area contributed by atoms with E-state index in [1.54, 1.807) is 0 Å². The quantitative estimate of drug-likeness (QED) is 0.250. The van der Waals surface area contributed by atoms with Gasteiger partial charge in [-0.1, -0.05) is 30.3 Å². The van der Waals surface area contributed by atoms with Crippen LogP contribution in [0, 0.1) is 13.8 Å². The van der Waals surface area contributed by atoms with Crippen molar-refractivity contribution in [3.8, 4) is 5.69 Å². The van der Waals surface area contributed by atoms with Gasteiger partial charge in [-0.2, -0.15) is 5.10 Å². The summed E-state index contributed by atoms with van der Waals surface area (Å²) >= 11 is 0. The molecule has 1 unspecified atom stereocenters. The van der Waals surface area contributed by atoms with Crippen LogP contribution in [0.4, 0.5) is 5.69 Å². The third kappa shape index (κ3) is 6.07. The van der Waals surface area contributed by atoms with Crippen LogP contribution in [0.1, 0.15) is 48.3 Å². The van der Waals surface area contributed by atoms with E-state index in [9.17, 15) is 0 Å². The van der Waals surface area contributed by atoms with Crippen molar-refractivity contribution in [1.82, 2.24) is 20.4 Å². The normalized spacial score (nSPS) is 14.7. The lowest BCUT2D eigenvalue weighted by Crippen LogP contribution is -2.38. The molecule has 176 valence electrons. The maximum Gasteiger partial charge on any atom is 0.191 e. The topological polar surface area (TPSA) is 57.5 Å². The molecule has 33 heavy (non-hydrogen) atoms. The van der Waals surface area contributed by atoms with Gasteiger partial charge in [0, 0.05) is 38.1 Å². The Balaban J connectivity index is 0.00000306. The highest BCUT2D eigenvalue weighted by Gasteiger charge is 2.15. The summed E-state index contributed by atoms with van der Waals surface area (Å²) in [6, 6.07) is 19.5. The van der Waals surface area contributed by atoms with Gasteiger partial charge in [0.05, 0.1) is 17.4 Å². The number of aryl methyl sites for hydroxylation is 2. The maximum atomic E-state index is 4.66. The molecule has 2 heterocycles. The number of guanidine groups is 1. The van der Waals surface area contributed by atoms with Crippen molar-refractivity contribution < 1.29 is 0 Å². The Labute approximate surface area is 214 Å². The number of anilines is 1. The first-order valence-corrected chi connectivity index (χ1v) is 11.5. The van der Waals surface area contributed by atoms with Gasteiger partial charge < -0.3 is 15.5 Å². The number of para-hydroxylation sites is 1. The van der Waals surface area contributed by atoms with Crippen molar-refractivity contribution in [2.75, 3.05) is 25.0 Å². The molecule has 0 saturated carbocycles. The van der Waals surface area contributed by atoms with E-state index < -0.39 is 0 Å². The molecule has 3 aromatic rings. The molecule has 2 aromatic carbocycles. The predicted octanol–water partition coefficient (Wildman–Crippen LogP) is 5.13. The summed E-state index contributed by atoms with van der Waals surface area (Å²) in [5.74, 6) is 0.784. The number of nitrogens with zero attached hydrogens (tertiary/aromatic N) is 4. The van der Waals surface area contributed by atoms with Crippen molar-refractivity contribution in [2.24, 2.45) is 4.99 Å². The minimum Gasteiger partial charge on any atom is -0.372 e. The van der Waals surface area contributed by atoms with Gasteiger partial charge >= 0.3 is 0 Å². The van der Waals surface area contributed by atoms with Gasteiger partial charge in [0.15, 0.2) is 5.96 Å². The second-order valence-corrected chi connectivity index (χ2v) is 8.55. The standard InChI is InChI=1S/C26H34N6.HI/c1-19-16-20(2)32(30-19)25-13-6-5-10-23(25)18-28-26(27-4)29-21(3)22-11-9-12-24(17-22)31-14-7-8-15-31;/h5-6,9-13,16-17,21H,7-8,14-15,18H2,1-4H3,(H2,27,28,29);1H. The number of aromatic nitrogens is 2. The highest BCUT2D eigenvalue weighted by molar-refractivity contribution is 14.0. The first kappa shape index (κ1) is 25.1. The van der Waals surface area contributed by atoms with E-state index in [4.69, 9.17) is 0 Å². The predicted molar refractivity (Wildman–Crippen MR) is 148 cm³/mol. The van der Waals surface area contributed by atoms with Crippen LogP contribution in [0.5, 0.6) is 0 Å². The summed E-state index contributed by atoms with van der Waals surface area (Å²) in [7, 11) is 1.82. The molecule has 1 aliphatic rings. The van der Waals surface area contributed by atoms with E-state index in [0.29, 0.717) is 6.54 Å². The molecule has 0 amide bonds. The minimum atomic E-state index is 0. The van der Waals surface area contributed by atoms with Gasteiger partial charge in [0.25, 0.3) is 0 Å². The molecule has 6 nitrogen and oxygen atoms in total. The molecule has 1 aromatic heterocycles. The molecule has 1 saturated heterocycles. The first-order chi connectivity index (χ1) is 15.5. The third-order valence-corrected chi connectivity index (χ3v) is 6.09. The molecule has 0 aliphatic carbocycles. The smallest absolute Gasteiger partial charge is 0.191 e. The van der Waals surface area contributed by atoms with E-state index in [1.165, 1.54) is 29.7 Å². The Morgan fingerprint density at radius 3 is 2.52 bits per heavy atom. The summed E-state index contributed by atoms with van der Waals surface area (Å²) in [5.41, 5.74) is 6.99. The minimum absolute atomic E-state index is 0. The number of aliphatic imine (C=N–C) groups is 1. The van der Waals surface area contributed by atoms with Crippen LogP contribution in [-0.4, -0.2) is 35.9 Å². The number of hydrogen-bond acceptors (Lipinski definition) is 3. The van der Waals surface area contributed by atoms with Crippen LogP contribution in [0.3, 0.4) is 0 Å². The lowest BCUT2D eigenvalue weighted by molar-refractivity contribution is 0.683. The maximum absolute atomic E-state index is 4.66. The highest BCUT2D eigenvalue weighted by atomic mass is 127. The molecule has 4 rings (SSSR count). The van der Waals surface area contributed by atoms with Gasteiger partial charge in [0.2, 0.25) is 0 Å². The zero-order valence-electron chi connectivity index (χ0n) is 20.0. The lowest BCUT2D eigenvalue weighted by atomic mass is 10.1. The molecule has 7 heteroatoms. The number of hydrogen-bond donors (Lipinski definition) is 2.